The van der Waals surface area contributed by atoms with Gasteiger partial charge < -0.3 is 26.6 Å². The van der Waals surface area contributed by atoms with Gasteiger partial charge in [-0.15, -0.1) is 0 Å². The zero-order valence-electron chi connectivity index (χ0n) is 18.6. The second kappa shape index (κ2) is 9.22. The molecule has 1 fully saturated rings. The molecule has 0 unspecified atom stereocenters. The van der Waals surface area contributed by atoms with Gasteiger partial charge in [-0.05, 0) is 25.8 Å². The van der Waals surface area contributed by atoms with Gasteiger partial charge in [0.25, 0.3) is 5.91 Å². The Balaban J connectivity index is 1.60. The number of hydrogen-bond donors (Lipinski definition) is 4. The molecule has 4 rings (SSSR count). The van der Waals surface area contributed by atoms with Crippen LogP contribution in [0.15, 0.2) is 55.0 Å². The summed E-state index contributed by atoms with van der Waals surface area (Å²) in [6.45, 7) is 3.69. The second-order valence-electron chi connectivity index (χ2n) is 8.23. The van der Waals surface area contributed by atoms with Crippen molar-refractivity contribution in [2.75, 3.05) is 11.1 Å². The van der Waals surface area contributed by atoms with Gasteiger partial charge in [0.05, 0.1) is 36.0 Å². The van der Waals surface area contributed by atoms with Gasteiger partial charge >= 0.3 is 0 Å². The molecule has 1 aliphatic rings. The van der Waals surface area contributed by atoms with Gasteiger partial charge in [0.2, 0.25) is 0 Å². The summed E-state index contributed by atoms with van der Waals surface area (Å²) in [4.78, 5) is 25.8. The molecule has 3 heterocycles. The Kier molecular flexibility index (Phi) is 6.37. The van der Waals surface area contributed by atoms with Crippen molar-refractivity contribution in [1.82, 2.24) is 15.0 Å². The highest BCUT2D eigenvalue weighted by Crippen LogP contribution is 2.40. The van der Waals surface area contributed by atoms with Crippen molar-refractivity contribution in [3.63, 3.8) is 0 Å². The van der Waals surface area contributed by atoms with Crippen LogP contribution in [0, 0.1) is 0 Å². The topological polar surface area (TPSA) is 149 Å². The van der Waals surface area contributed by atoms with Crippen molar-refractivity contribution in [3.05, 3.63) is 66.2 Å². The molecule has 1 amide bonds. The minimum atomic E-state index is -1.10. The van der Waals surface area contributed by atoms with Crippen molar-refractivity contribution in [2.45, 2.75) is 50.5 Å². The van der Waals surface area contributed by atoms with E-state index >= 15 is 0 Å². The van der Waals surface area contributed by atoms with Gasteiger partial charge in [-0.25, -0.2) is 9.97 Å². The summed E-state index contributed by atoms with van der Waals surface area (Å²) in [5.74, 6) is -0.486. The van der Waals surface area contributed by atoms with Crippen LogP contribution in [-0.2, 0) is 4.74 Å². The number of rotatable bonds is 5. The van der Waals surface area contributed by atoms with E-state index in [1.165, 1.54) is 12.4 Å². The largest absolute Gasteiger partial charge is 0.386 e. The molecule has 9 nitrogen and oxygen atoms in total. The lowest BCUT2D eigenvalue weighted by molar-refractivity contribution is -0.181. The number of nitrogen functional groups attached to an aromatic ring is 1. The molecular weight excluding hydrogens is 420 g/mol. The first-order valence-corrected chi connectivity index (χ1v) is 10.9. The maximum atomic E-state index is 13.1. The number of aliphatic hydroxyl groups is 1. The van der Waals surface area contributed by atoms with Crippen LogP contribution in [0.1, 0.15) is 48.8 Å². The molecule has 1 aliphatic heterocycles. The molecule has 1 saturated heterocycles. The lowest BCUT2D eigenvalue weighted by atomic mass is 9.80. The van der Waals surface area contributed by atoms with Crippen molar-refractivity contribution in [2.24, 2.45) is 5.73 Å². The Morgan fingerprint density at radius 2 is 2.03 bits per heavy atom. The van der Waals surface area contributed by atoms with Gasteiger partial charge in [-0.2, -0.15) is 0 Å². The van der Waals surface area contributed by atoms with Crippen LogP contribution in [0.2, 0.25) is 0 Å². The molecule has 9 heteroatoms. The number of benzene rings is 1. The van der Waals surface area contributed by atoms with Crippen molar-refractivity contribution >= 4 is 17.4 Å². The SMILES string of the molecule is CC[C@]1(O)[C@H](N)C[C@H](c2ccncc2NC(=O)c2nc(-c3ccccc3)cnc2N)O[C@@H]1C. The number of pyridine rings is 1. The Hall–Kier alpha value is -3.40. The number of aromatic nitrogens is 3. The smallest absolute Gasteiger partial charge is 0.278 e. The maximum Gasteiger partial charge on any atom is 0.278 e. The zero-order chi connectivity index (χ0) is 23.6. The summed E-state index contributed by atoms with van der Waals surface area (Å²) in [7, 11) is 0. The molecule has 6 N–H and O–H groups in total. The molecule has 0 bridgehead atoms. The Bertz CT molecular complexity index is 1130. The molecule has 1 aromatic carbocycles. The van der Waals surface area contributed by atoms with Gasteiger partial charge in [0.1, 0.15) is 5.60 Å². The third-order valence-electron chi connectivity index (χ3n) is 6.28. The predicted molar refractivity (Wildman–Crippen MR) is 125 cm³/mol. The van der Waals surface area contributed by atoms with E-state index in [-0.39, 0.29) is 11.5 Å². The lowest BCUT2D eigenvalue weighted by Crippen LogP contribution is -2.59. The van der Waals surface area contributed by atoms with Crippen molar-refractivity contribution in [3.8, 4) is 11.3 Å². The first-order valence-electron chi connectivity index (χ1n) is 10.9. The summed E-state index contributed by atoms with van der Waals surface area (Å²) < 4.78 is 6.12. The molecule has 33 heavy (non-hydrogen) atoms. The predicted octanol–water partition coefficient (Wildman–Crippen LogP) is 2.69. The van der Waals surface area contributed by atoms with Crippen LogP contribution >= 0.6 is 0 Å². The number of anilines is 2. The summed E-state index contributed by atoms with van der Waals surface area (Å²) >= 11 is 0. The standard InChI is InChI=1S/C24H28N6O3/c1-3-24(32)14(2)33-19(11-20(24)25)16-9-10-27-12-18(16)30-23(31)21-22(26)28-13-17(29-21)15-7-5-4-6-8-15/h4-10,12-14,19-20,32H,3,11,25H2,1-2H3,(H2,26,28)(H,30,31)/t14-,19-,20-,24-/m1/s1. The first-order chi connectivity index (χ1) is 15.8. The average Bonchev–Trinajstić information content (AvgIpc) is 2.83. The Morgan fingerprint density at radius 3 is 2.73 bits per heavy atom. The van der Waals surface area contributed by atoms with Crippen LogP contribution in [0.3, 0.4) is 0 Å². The molecular formula is C24H28N6O3. The molecule has 0 aliphatic carbocycles. The molecule has 0 radical (unpaired) electrons. The Morgan fingerprint density at radius 1 is 1.27 bits per heavy atom. The van der Waals surface area contributed by atoms with E-state index in [0.29, 0.717) is 29.8 Å². The highest BCUT2D eigenvalue weighted by Gasteiger charge is 2.46. The highest BCUT2D eigenvalue weighted by atomic mass is 16.5. The van der Waals surface area contributed by atoms with E-state index in [1.54, 1.807) is 19.2 Å². The number of nitrogens with zero attached hydrogens (tertiary/aromatic N) is 3. The Labute approximate surface area is 192 Å². The lowest BCUT2D eigenvalue weighted by Gasteiger charge is -2.45. The minimum absolute atomic E-state index is 0.0150. The molecule has 2 aromatic heterocycles. The fraction of sp³-hybridized carbons (Fsp3) is 0.333. The third-order valence-corrected chi connectivity index (χ3v) is 6.28. The summed E-state index contributed by atoms with van der Waals surface area (Å²) in [5, 5.41) is 13.7. The normalized spacial score (nSPS) is 24.9. The number of nitrogens with one attached hydrogen (secondary N) is 1. The van der Waals surface area contributed by atoms with Crippen molar-refractivity contribution in [1.29, 1.82) is 0 Å². The monoisotopic (exact) mass is 448 g/mol. The number of ether oxygens (including phenoxy) is 1. The van der Waals surface area contributed by atoms with Crippen LogP contribution in [0.5, 0.6) is 0 Å². The number of carbonyl (C=O) groups is 1. The summed E-state index contributed by atoms with van der Waals surface area (Å²) in [5.41, 5.74) is 13.7. The van der Waals surface area contributed by atoms with Gasteiger partial charge in [0.15, 0.2) is 11.5 Å². The molecule has 0 saturated carbocycles. The fourth-order valence-electron chi connectivity index (χ4n) is 4.19. The number of amides is 1. The molecule has 3 aromatic rings. The van der Waals surface area contributed by atoms with Crippen molar-refractivity contribution < 1.29 is 14.6 Å². The zero-order valence-corrected chi connectivity index (χ0v) is 18.6. The third kappa shape index (κ3) is 4.43. The quantitative estimate of drug-likeness (QED) is 0.465. The number of carbonyl (C=O) groups excluding carboxylic acids is 1. The van der Waals surface area contributed by atoms with E-state index < -0.39 is 29.8 Å². The summed E-state index contributed by atoms with van der Waals surface area (Å²) in [6.07, 6.45) is 4.68. The fourth-order valence-corrected chi connectivity index (χ4v) is 4.19. The summed E-state index contributed by atoms with van der Waals surface area (Å²) in [6, 6.07) is 10.7. The molecule has 172 valence electrons. The van der Waals surface area contributed by atoms with E-state index in [9.17, 15) is 9.90 Å². The van der Waals surface area contributed by atoms with Gasteiger partial charge in [-0.3, -0.25) is 9.78 Å². The highest BCUT2D eigenvalue weighted by molar-refractivity contribution is 6.06. The maximum absolute atomic E-state index is 13.1. The van der Waals surface area contributed by atoms with Crippen LogP contribution in [0.25, 0.3) is 11.3 Å². The van der Waals surface area contributed by atoms with E-state index in [1.807, 2.05) is 37.3 Å². The average molecular weight is 449 g/mol. The first kappa shape index (κ1) is 22.8. The van der Waals surface area contributed by atoms with Crippen LogP contribution < -0.4 is 16.8 Å². The second-order valence-corrected chi connectivity index (χ2v) is 8.23. The minimum Gasteiger partial charge on any atom is -0.386 e. The molecule has 4 atom stereocenters. The van der Waals surface area contributed by atoms with Gasteiger partial charge in [0, 0.05) is 23.4 Å². The van der Waals surface area contributed by atoms with Crippen LogP contribution in [-0.4, -0.2) is 43.7 Å². The van der Waals surface area contributed by atoms with E-state index in [4.69, 9.17) is 16.2 Å². The number of hydrogen-bond acceptors (Lipinski definition) is 8. The van der Waals surface area contributed by atoms with Crippen LogP contribution in [0.4, 0.5) is 11.5 Å². The van der Waals surface area contributed by atoms with Gasteiger partial charge in [-0.1, -0.05) is 37.3 Å². The van der Waals surface area contributed by atoms with E-state index in [2.05, 4.69) is 20.3 Å². The van der Waals surface area contributed by atoms with E-state index in [0.717, 1.165) is 5.56 Å². The molecule has 0 spiro atoms. The number of nitrogens with two attached hydrogens (primary N) is 2.